The lowest BCUT2D eigenvalue weighted by atomic mass is 9.82. The van der Waals surface area contributed by atoms with Crippen molar-refractivity contribution in [1.82, 2.24) is 4.90 Å². The molecule has 96 valence electrons. The lowest BCUT2D eigenvalue weighted by Gasteiger charge is -2.41. The van der Waals surface area contributed by atoms with Crippen LogP contribution in [0.15, 0.2) is 18.2 Å². The van der Waals surface area contributed by atoms with Crippen molar-refractivity contribution in [3.05, 3.63) is 34.9 Å². The van der Waals surface area contributed by atoms with E-state index in [1.165, 1.54) is 16.7 Å². The van der Waals surface area contributed by atoms with Gasteiger partial charge in [0.1, 0.15) is 0 Å². The topological polar surface area (TPSA) is 29.3 Å². The third kappa shape index (κ3) is 2.70. The Morgan fingerprint density at radius 3 is 2.35 bits per heavy atom. The van der Waals surface area contributed by atoms with E-state index in [4.69, 9.17) is 5.73 Å². The highest BCUT2D eigenvalue weighted by Crippen LogP contribution is 2.32. The second kappa shape index (κ2) is 5.19. The molecule has 2 atom stereocenters. The Bertz CT molecular complexity index is 385. The molecule has 0 aliphatic carbocycles. The first-order valence-electron chi connectivity index (χ1n) is 6.33. The van der Waals surface area contributed by atoms with Crippen LogP contribution in [0.3, 0.4) is 0 Å². The molecule has 1 aromatic carbocycles. The van der Waals surface area contributed by atoms with Gasteiger partial charge in [0.25, 0.3) is 0 Å². The molecule has 0 fully saturated rings. The minimum Gasteiger partial charge on any atom is -0.322 e. The van der Waals surface area contributed by atoms with E-state index < -0.39 is 0 Å². The van der Waals surface area contributed by atoms with E-state index in [0.29, 0.717) is 0 Å². The molecule has 2 nitrogen and oxygen atoms in total. The number of rotatable bonds is 4. The summed E-state index contributed by atoms with van der Waals surface area (Å²) in [5, 5.41) is 0. The van der Waals surface area contributed by atoms with Gasteiger partial charge in [-0.1, -0.05) is 30.7 Å². The number of likely N-dealkylation sites (N-methyl/N-ethyl adjacent to an activating group) is 1. The van der Waals surface area contributed by atoms with E-state index in [-0.39, 0.29) is 11.6 Å². The Morgan fingerprint density at radius 1 is 1.29 bits per heavy atom. The van der Waals surface area contributed by atoms with Crippen molar-refractivity contribution < 1.29 is 0 Å². The summed E-state index contributed by atoms with van der Waals surface area (Å²) in [5.74, 6) is 0. The molecule has 0 aliphatic rings. The van der Waals surface area contributed by atoms with Crippen LogP contribution in [-0.2, 0) is 0 Å². The molecule has 0 bridgehead atoms. The molecular formula is C15H26N2. The Balaban J connectivity index is 3.18. The van der Waals surface area contributed by atoms with Crippen molar-refractivity contribution in [2.45, 2.75) is 45.7 Å². The van der Waals surface area contributed by atoms with Gasteiger partial charge in [0.05, 0.1) is 0 Å². The average Bonchev–Trinajstić information content (AvgIpc) is 2.30. The van der Waals surface area contributed by atoms with Gasteiger partial charge in [-0.25, -0.2) is 0 Å². The number of benzene rings is 1. The molecule has 0 amide bonds. The van der Waals surface area contributed by atoms with Gasteiger partial charge >= 0.3 is 0 Å². The second-order valence-corrected chi connectivity index (χ2v) is 5.44. The zero-order valence-corrected chi connectivity index (χ0v) is 12.0. The second-order valence-electron chi connectivity index (χ2n) is 5.44. The quantitative estimate of drug-likeness (QED) is 0.867. The average molecular weight is 234 g/mol. The molecule has 2 N–H and O–H groups in total. The van der Waals surface area contributed by atoms with Crippen LogP contribution in [-0.4, -0.2) is 24.5 Å². The van der Waals surface area contributed by atoms with Crippen LogP contribution in [0.1, 0.15) is 43.0 Å². The smallest absolute Gasteiger partial charge is 0.0481 e. The molecule has 2 unspecified atom stereocenters. The zero-order valence-electron chi connectivity index (χ0n) is 12.0. The van der Waals surface area contributed by atoms with Crippen LogP contribution in [0.4, 0.5) is 0 Å². The maximum Gasteiger partial charge on any atom is 0.0481 e. The number of nitrogens with zero attached hydrogens (tertiary/aromatic N) is 1. The van der Waals surface area contributed by atoms with E-state index in [0.717, 1.165) is 6.42 Å². The van der Waals surface area contributed by atoms with Gasteiger partial charge in [0.2, 0.25) is 0 Å². The summed E-state index contributed by atoms with van der Waals surface area (Å²) in [6.45, 7) is 8.69. The Kier molecular flexibility index (Phi) is 4.34. The molecule has 1 rings (SSSR count). The van der Waals surface area contributed by atoms with E-state index >= 15 is 0 Å². The maximum atomic E-state index is 6.51. The summed E-state index contributed by atoms with van der Waals surface area (Å²) in [4.78, 5) is 2.24. The molecular weight excluding hydrogens is 208 g/mol. The predicted octanol–water partition coefficient (Wildman–Crippen LogP) is 3.03. The zero-order chi connectivity index (χ0) is 13.2. The van der Waals surface area contributed by atoms with Crippen LogP contribution in [0.5, 0.6) is 0 Å². The van der Waals surface area contributed by atoms with Crippen molar-refractivity contribution >= 4 is 0 Å². The largest absolute Gasteiger partial charge is 0.322 e. The van der Waals surface area contributed by atoms with Gasteiger partial charge in [-0.05, 0) is 52.4 Å². The number of hydrogen-bond acceptors (Lipinski definition) is 2. The van der Waals surface area contributed by atoms with Crippen LogP contribution >= 0.6 is 0 Å². The Hall–Kier alpha value is -0.860. The monoisotopic (exact) mass is 234 g/mol. The first kappa shape index (κ1) is 14.2. The summed E-state index contributed by atoms with van der Waals surface area (Å²) >= 11 is 0. The fourth-order valence-corrected chi connectivity index (χ4v) is 2.24. The third-order valence-electron chi connectivity index (χ3n) is 4.18. The van der Waals surface area contributed by atoms with Crippen LogP contribution in [0.2, 0.25) is 0 Å². The van der Waals surface area contributed by atoms with Crippen LogP contribution in [0, 0.1) is 13.8 Å². The lowest BCUT2D eigenvalue weighted by molar-refractivity contribution is 0.131. The summed E-state index contributed by atoms with van der Waals surface area (Å²) in [6, 6.07) is 6.57. The standard InChI is InChI=1S/C15H26N2/c1-7-15(4,17(5)6)14(16)13-10-11(2)8-9-12(13)3/h8-10,14H,7,16H2,1-6H3. The molecule has 0 aliphatic heterocycles. The van der Waals surface area contributed by atoms with E-state index in [1.54, 1.807) is 0 Å². The van der Waals surface area contributed by atoms with Gasteiger partial charge in [-0.15, -0.1) is 0 Å². The first-order chi connectivity index (χ1) is 7.82. The summed E-state index contributed by atoms with van der Waals surface area (Å²) in [6.07, 6.45) is 1.04. The highest BCUT2D eigenvalue weighted by Gasteiger charge is 2.33. The van der Waals surface area contributed by atoms with Gasteiger partial charge < -0.3 is 10.6 Å². The fourth-order valence-electron chi connectivity index (χ4n) is 2.24. The fraction of sp³-hybridized carbons (Fsp3) is 0.600. The van der Waals surface area contributed by atoms with Gasteiger partial charge in [-0.2, -0.15) is 0 Å². The minimum atomic E-state index is -0.00144. The SMILES string of the molecule is CCC(C)(C(N)c1cc(C)ccc1C)N(C)C. The van der Waals surface area contributed by atoms with Crippen molar-refractivity contribution in [2.75, 3.05) is 14.1 Å². The van der Waals surface area contributed by atoms with Gasteiger partial charge in [-0.3, -0.25) is 0 Å². The van der Waals surface area contributed by atoms with E-state index in [2.05, 4.69) is 64.9 Å². The highest BCUT2D eigenvalue weighted by atomic mass is 15.2. The van der Waals surface area contributed by atoms with Gasteiger partial charge in [0.15, 0.2) is 0 Å². The Morgan fingerprint density at radius 2 is 1.88 bits per heavy atom. The minimum absolute atomic E-state index is 0.00144. The van der Waals surface area contributed by atoms with Crippen molar-refractivity contribution in [1.29, 1.82) is 0 Å². The number of nitrogens with two attached hydrogens (primary N) is 1. The van der Waals surface area contributed by atoms with Crippen molar-refractivity contribution in [3.63, 3.8) is 0 Å². The van der Waals surface area contributed by atoms with Crippen LogP contribution < -0.4 is 5.73 Å². The first-order valence-corrected chi connectivity index (χ1v) is 6.33. The molecule has 0 radical (unpaired) electrons. The maximum absolute atomic E-state index is 6.51. The molecule has 1 aromatic rings. The predicted molar refractivity (Wildman–Crippen MR) is 75.2 cm³/mol. The molecule has 17 heavy (non-hydrogen) atoms. The Labute approximate surface area is 106 Å². The molecule has 0 saturated carbocycles. The number of hydrogen-bond donors (Lipinski definition) is 1. The van der Waals surface area contributed by atoms with Crippen molar-refractivity contribution in [3.8, 4) is 0 Å². The molecule has 0 saturated heterocycles. The summed E-state index contributed by atoms with van der Waals surface area (Å²) < 4.78 is 0. The van der Waals surface area contributed by atoms with E-state index in [1.807, 2.05) is 0 Å². The molecule has 0 spiro atoms. The summed E-state index contributed by atoms with van der Waals surface area (Å²) in [7, 11) is 4.21. The third-order valence-corrected chi connectivity index (χ3v) is 4.18. The number of aryl methyl sites for hydroxylation is 2. The summed E-state index contributed by atoms with van der Waals surface area (Å²) in [5.41, 5.74) is 10.3. The molecule has 2 heteroatoms. The highest BCUT2D eigenvalue weighted by molar-refractivity contribution is 5.34. The normalized spacial score (nSPS) is 16.9. The van der Waals surface area contributed by atoms with Gasteiger partial charge in [0, 0.05) is 11.6 Å². The van der Waals surface area contributed by atoms with E-state index in [9.17, 15) is 0 Å². The molecule has 0 heterocycles. The lowest BCUT2D eigenvalue weighted by Crippen LogP contribution is -2.49. The molecule has 0 aromatic heterocycles. The van der Waals surface area contributed by atoms with Crippen LogP contribution in [0.25, 0.3) is 0 Å². The van der Waals surface area contributed by atoms with Crippen molar-refractivity contribution in [2.24, 2.45) is 5.73 Å².